The van der Waals surface area contributed by atoms with Crippen molar-refractivity contribution in [3.63, 3.8) is 0 Å². The molecule has 100 valence electrons. The zero-order chi connectivity index (χ0) is 13.5. The predicted molar refractivity (Wildman–Crippen MR) is 73.0 cm³/mol. The molecule has 0 aliphatic rings. The van der Waals surface area contributed by atoms with Crippen LogP contribution >= 0.6 is 0 Å². The number of hydrogen-bond donors (Lipinski definition) is 2. The van der Waals surface area contributed by atoms with Crippen LogP contribution in [0.3, 0.4) is 0 Å². The molecule has 1 unspecified atom stereocenters. The molecule has 1 atom stereocenters. The SMILES string of the molecule is CC(C)CCCC(C)Nc1ccncc1C(=O)O. The lowest BCUT2D eigenvalue weighted by Gasteiger charge is -2.17. The van der Waals surface area contributed by atoms with Crippen LogP contribution in [0.25, 0.3) is 0 Å². The average molecular weight is 250 g/mol. The molecule has 1 aromatic heterocycles. The highest BCUT2D eigenvalue weighted by Gasteiger charge is 2.11. The number of nitrogens with one attached hydrogen (secondary N) is 1. The fourth-order valence-corrected chi connectivity index (χ4v) is 1.86. The van der Waals surface area contributed by atoms with Crippen molar-refractivity contribution in [2.45, 2.75) is 46.1 Å². The van der Waals surface area contributed by atoms with E-state index in [-0.39, 0.29) is 11.6 Å². The Hall–Kier alpha value is -1.58. The van der Waals surface area contributed by atoms with Crippen molar-refractivity contribution in [1.29, 1.82) is 0 Å². The van der Waals surface area contributed by atoms with Gasteiger partial charge in [0.25, 0.3) is 0 Å². The normalized spacial score (nSPS) is 12.4. The molecule has 0 bridgehead atoms. The van der Waals surface area contributed by atoms with E-state index in [1.54, 1.807) is 12.3 Å². The first kappa shape index (κ1) is 14.5. The fourth-order valence-electron chi connectivity index (χ4n) is 1.86. The second kappa shape index (κ2) is 6.99. The van der Waals surface area contributed by atoms with E-state index in [1.807, 2.05) is 0 Å². The summed E-state index contributed by atoms with van der Waals surface area (Å²) in [6.45, 7) is 6.50. The van der Waals surface area contributed by atoms with Crippen molar-refractivity contribution in [3.05, 3.63) is 24.0 Å². The first-order valence-corrected chi connectivity index (χ1v) is 6.44. The van der Waals surface area contributed by atoms with Crippen molar-refractivity contribution < 1.29 is 9.90 Å². The van der Waals surface area contributed by atoms with Crippen LogP contribution in [0.2, 0.25) is 0 Å². The molecule has 0 aliphatic carbocycles. The van der Waals surface area contributed by atoms with Gasteiger partial charge in [0.1, 0.15) is 5.56 Å². The van der Waals surface area contributed by atoms with E-state index in [1.165, 1.54) is 12.6 Å². The lowest BCUT2D eigenvalue weighted by atomic mass is 10.0. The Labute approximate surface area is 108 Å². The number of aromatic carboxylic acids is 1. The first-order valence-electron chi connectivity index (χ1n) is 6.44. The van der Waals surface area contributed by atoms with Gasteiger partial charge in [0.05, 0.1) is 5.69 Å². The van der Waals surface area contributed by atoms with E-state index >= 15 is 0 Å². The monoisotopic (exact) mass is 250 g/mol. The number of anilines is 1. The zero-order valence-electron chi connectivity index (χ0n) is 11.3. The van der Waals surface area contributed by atoms with Crippen molar-refractivity contribution >= 4 is 11.7 Å². The summed E-state index contributed by atoms with van der Waals surface area (Å²) in [5.74, 6) is -0.229. The van der Waals surface area contributed by atoms with Gasteiger partial charge in [-0.3, -0.25) is 4.98 Å². The number of carboxylic acid groups (broad SMARTS) is 1. The van der Waals surface area contributed by atoms with Gasteiger partial charge in [0.2, 0.25) is 0 Å². The molecule has 0 radical (unpaired) electrons. The van der Waals surface area contributed by atoms with Crippen molar-refractivity contribution in [2.24, 2.45) is 5.92 Å². The first-order chi connectivity index (χ1) is 8.50. The number of carboxylic acids is 1. The lowest BCUT2D eigenvalue weighted by molar-refractivity contribution is 0.0697. The molecule has 1 aromatic rings. The highest BCUT2D eigenvalue weighted by Crippen LogP contribution is 2.17. The average Bonchev–Trinajstić information content (AvgIpc) is 2.28. The highest BCUT2D eigenvalue weighted by atomic mass is 16.4. The molecule has 4 heteroatoms. The van der Waals surface area contributed by atoms with Crippen LogP contribution in [0.5, 0.6) is 0 Å². The Bertz CT molecular complexity index is 391. The summed E-state index contributed by atoms with van der Waals surface area (Å²) in [6.07, 6.45) is 6.38. The molecule has 0 saturated heterocycles. The van der Waals surface area contributed by atoms with Crippen LogP contribution in [-0.2, 0) is 0 Å². The summed E-state index contributed by atoms with van der Waals surface area (Å²) in [4.78, 5) is 14.9. The zero-order valence-corrected chi connectivity index (χ0v) is 11.3. The highest BCUT2D eigenvalue weighted by molar-refractivity contribution is 5.93. The van der Waals surface area contributed by atoms with Crippen molar-refractivity contribution in [2.75, 3.05) is 5.32 Å². The second-order valence-electron chi connectivity index (χ2n) is 5.10. The molecule has 0 amide bonds. The Balaban J connectivity index is 2.53. The van der Waals surface area contributed by atoms with Crippen LogP contribution in [0, 0.1) is 5.92 Å². The molecule has 0 saturated carbocycles. The summed E-state index contributed by atoms with van der Waals surface area (Å²) < 4.78 is 0. The molecular formula is C14H22N2O2. The number of rotatable bonds is 7. The topological polar surface area (TPSA) is 62.2 Å². The minimum Gasteiger partial charge on any atom is -0.478 e. The van der Waals surface area contributed by atoms with Gasteiger partial charge >= 0.3 is 5.97 Å². The van der Waals surface area contributed by atoms with Crippen LogP contribution in [-0.4, -0.2) is 22.1 Å². The third-order valence-corrected chi connectivity index (χ3v) is 2.87. The molecule has 2 N–H and O–H groups in total. The maximum Gasteiger partial charge on any atom is 0.339 e. The van der Waals surface area contributed by atoms with Gasteiger partial charge < -0.3 is 10.4 Å². The fraction of sp³-hybridized carbons (Fsp3) is 0.571. The Morgan fingerprint density at radius 1 is 1.39 bits per heavy atom. The molecular weight excluding hydrogens is 228 g/mol. The Morgan fingerprint density at radius 2 is 2.11 bits per heavy atom. The van der Waals surface area contributed by atoms with Gasteiger partial charge in [-0.2, -0.15) is 0 Å². The number of aromatic nitrogens is 1. The van der Waals surface area contributed by atoms with E-state index in [9.17, 15) is 4.79 Å². The third kappa shape index (κ3) is 4.73. The molecule has 4 nitrogen and oxygen atoms in total. The van der Waals surface area contributed by atoms with Gasteiger partial charge in [-0.25, -0.2) is 4.79 Å². The quantitative estimate of drug-likeness (QED) is 0.778. The standard InChI is InChI=1S/C14H22N2O2/c1-10(2)5-4-6-11(3)16-13-7-8-15-9-12(13)14(17)18/h7-11H,4-6H2,1-3H3,(H,15,16)(H,17,18). The van der Waals surface area contributed by atoms with E-state index < -0.39 is 5.97 Å². The van der Waals surface area contributed by atoms with E-state index in [2.05, 4.69) is 31.1 Å². The van der Waals surface area contributed by atoms with Gasteiger partial charge in [0, 0.05) is 18.4 Å². The van der Waals surface area contributed by atoms with Crippen molar-refractivity contribution in [1.82, 2.24) is 4.98 Å². The molecule has 1 rings (SSSR count). The van der Waals surface area contributed by atoms with Crippen LogP contribution in [0.4, 0.5) is 5.69 Å². The number of hydrogen-bond acceptors (Lipinski definition) is 3. The maximum atomic E-state index is 11.0. The largest absolute Gasteiger partial charge is 0.478 e. The minimum absolute atomic E-state index is 0.230. The second-order valence-corrected chi connectivity index (χ2v) is 5.10. The number of carbonyl (C=O) groups is 1. The van der Waals surface area contributed by atoms with Crippen LogP contribution in [0.1, 0.15) is 50.4 Å². The summed E-state index contributed by atoms with van der Waals surface area (Å²) in [6, 6.07) is 1.98. The third-order valence-electron chi connectivity index (χ3n) is 2.87. The smallest absolute Gasteiger partial charge is 0.339 e. The molecule has 0 aromatic carbocycles. The number of pyridine rings is 1. The van der Waals surface area contributed by atoms with Gasteiger partial charge in [-0.05, 0) is 25.3 Å². The Morgan fingerprint density at radius 3 is 2.72 bits per heavy atom. The summed E-state index contributed by atoms with van der Waals surface area (Å²) in [7, 11) is 0. The molecule has 0 aliphatic heterocycles. The minimum atomic E-state index is -0.944. The van der Waals surface area contributed by atoms with Gasteiger partial charge in [0.15, 0.2) is 0 Å². The predicted octanol–water partition coefficient (Wildman–Crippen LogP) is 3.41. The number of nitrogens with zero attached hydrogens (tertiary/aromatic N) is 1. The Kier molecular flexibility index (Phi) is 5.62. The van der Waals surface area contributed by atoms with Gasteiger partial charge in [-0.1, -0.05) is 26.7 Å². The molecule has 0 fully saturated rings. The summed E-state index contributed by atoms with van der Waals surface area (Å²) in [5.41, 5.74) is 0.878. The van der Waals surface area contributed by atoms with Crippen molar-refractivity contribution in [3.8, 4) is 0 Å². The van der Waals surface area contributed by atoms with Crippen LogP contribution < -0.4 is 5.32 Å². The molecule has 18 heavy (non-hydrogen) atoms. The van der Waals surface area contributed by atoms with E-state index in [4.69, 9.17) is 5.11 Å². The van der Waals surface area contributed by atoms with Gasteiger partial charge in [-0.15, -0.1) is 0 Å². The van der Waals surface area contributed by atoms with Crippen LogP contribution in [0.15, 0.2) is 18.5 Å². The summed E-state index contributed by atoms with van der Waals surface area (Å²) >= 11 is 0. The summed E-state index contributed by atoms with van der Waals surface area (Å²) in [5, 5.41) is 12.3. The van der Waals surface area contributed by atoms with E-state index in [0.29, 0.717) is 11.6 Å². The maximum absolute atomic E-state index is 11.0. The lowest BCUT2D eigenvalue weighted by Crippen LogP contribution is -2.17. The van der Waals surface area contributed by atoms with E-state index in [0.717, 1.165) is 12.8 Å². The molecule has 0 spiro atoms. The molecule has 1 heterocycles.